The maximum absolute atomic E-state index is 8.56. The molecule has 4 nitrogen and oxygen atoms in total. The monoisotopic (exact) mass is 210 g/mol. The summed E-state index contributed by atoms with van der Waals surface area (Å²) in [6.45, 7) is 0. The summed E-state index contributed by atoms with van der Waals surface area (Å²) in [6, 6.07) is 0. The molecular weight excluding hydrogens is 207 g/mol. The third-order valence-electron chi connectivity index (χ3n) is 0. The van der Waals surface area contributed by atoms with Crippen LogP contribution in [0.3, 0.4) is 0 Å². The molecule has 2 N–H and O–H groups in total. The van der Waals surface area contributed by atoms with Gasteiger partial charge in [-0.25, -0.2) is 4.79 Å². The molecule has 0 saturated carbocycles. The van der Waals surface area contributed by atoms with E-state index >= 15 is 0 Å². The molecule has 0 heterocycles. The first kappa shape index (κ1) is 15.7. The van der Waals surface area contributed by atoms with Crippen molar-refractivity contribution in [2.75, 3.05) is 0 Å². The summed E-state index contributed by atoms with van der Waals surface area (Å²) in [7, 11) is 0. The van der Waals surface area contributed by atoms with E-state index in [9.17, 15) is 0 Å². The summed E-state index contributed by atoms with van der Waals surface area (Å²) in [6.07, 6.45) is -1.83. The molecule has 0 amide bonds. The van der Waals surface area contributed by atoms with Crippen molar-refractivity contribution in [2.45, 2.75) is 0 Å². The van der Waals surface area contributed by atoms with Crippen molar-refractivity contribution in [3.05, 3.63) is 0 Å². The molecule has 0 aromatic carbocycles. The normalized spacial score (nSPS) is 3.86. The molecule has 6 heteroatoms. The van der Waals surface area contributed by atoms with Crippen LogP contribution in [-0.2, 0) is 27.5 Å². The molecule has 0 unspecified atom stereocenters. The summed E-state index contributed by atoms with van der Waals surface area (Å²) in [5.41, 5.74) is 0. The van der Waals surface area contributed by atoms with Crippen LogP contribution in [-0.4, -0.2) is 54.1 Å². The molecule has 0 aromatic heterocycles. The molecule has 0 aliphatic rings. The second-order valence-corrected chi connectivity index (χ2v) is 0.283. The third-order valence-corrected chi connectivity index (χ3v) is 0. The minimum absolute atomic E-state index is 0. The van der Waals surface area contributed by atoms with E-state index in [1.807, 2.05) is 0 Å². The molecule has 0 rings (SSSR count). The van der Waals surface area contributed by atoms with Crippen molar-refractivity contribution < 1.29 is 45.4 Å². The van der Waals surface area contributed by atoms with Crippen molar-refractivity contribution in [1.82, 2.24) is 0 Å². The Labute approximate surface area is 88.2 Å². The molecule has 0 aliphatic heterocycles. The van der Waals surface area contributed by atoms with Crippen molar-refractivity contribution in [3.8, 4) is 0 Å². The van der Waals surface area contributed by atoms with Gasteiger partial charge in [0.25, 0.3) is 0 Å². The zero-order chi connectivity index (χ0) is 5.58. The zero-order valence-corrected chi connectivity index (χ0v) is 8.08. The number of hydrogen-bond acceptors (Lipinski definition) is 2. The van der Waals surface area contributed by atoms with Crippen LogP contribution in [0.15, 0.2) is 0 Å². The Bertz CT molecular complexity index is 49.8. The Morgan fingerprint density at radius 1 is 1.43 bits per heavy atom. The SMILES string of the molecule is O=C(O)O.[Ca+2].[H-].[H-].[O]=[Zr]. The average Bonchev–Trinajstić information content (AvgIpc) is 1.41. The van der Waals surface area contributed by atoms with E-state index in [1.54, 1.807) is 0 Å². The van der Waals surface area contributed by atoms with Gasteiger partial charge < -0.3 is 13.1 Å². The molecular formula is CH4CaO4Zr. The Morgan fingerprint density at radius 3 is 1.43 bits per heavy atom. The second kappa shape index (κ2) is 15.7. The van der Waals surface area contributed by atoms with E-state index in [0.717, 1.165) is 0 Å². The quantitative estimate of drug-likeness (QED) is 0.551. The zero-order valence-electron chi connectivity index (χ0n) is 5.42. The van der Waals surface area contributed by atoms with E-state index < -0.39 is 6.16 Å². The van der Waals surface area contributed by atoms with Gasteiger partial charge in [-0.05, 0) is 0 Å². The number of carbonyl (C=O) groups is 1. The van der Waals surface area contributed by atoms with Gasteiger partial charge >= 0.3 is 71.4 Å². The van der Waals surface area contributed by atoms with E-state index in [2.05, 4.69) is 0 Å². The van der Waals surface area contributed by atoms with E-state index in [4.69, 9.17) is 17.8 Å². The van der Waals surface area contributed by atoms with Crippen molar-refractivity contribution in [1.29, 1.82) is 0 Å². The Balaban J connectivity index is -0.00000000990. The van der Waals surface area contributed by atoms with Gasteiger partial charge in [-0.1, -0.05) is 0 Å². The van der Waals surface area contributed by atoms with Crippen LogP contribution in [0.2, 0.25) is 0 Å². The fourth-order valence-electron chi connectivity index (χ4n) is 0. The second-order valence-electron chi connectivity index (χ2n) is 0.283. The van der Waals surface area contributed by atoms with Crippen LogP contribution in [0.5, 0.6) is 0 Å². The molecule has 0 aromatic rings. The first-order valence-corrected chi connectivity index (χ1v) is 1.86. The van der Waals surface area contributed by atoms with Gasteiger partial charge in [0.15, 0.2) is 0 Å². The summed E-state index contributed by atoms with van der Waals surface area (Å²) < 4.78 is 8.34. The number of hydrogen-bond donors (Lipinski definition) is 2. The summed E-state index contributed by atoms with van der Waals surface area (Å²) >= 11 is 0.300. The standard InChI is InChI=1S/CH2O3.Ca.O.Zr.2H/c2-1(3)4;;;;;/h(H2,2,3,4);;;;;/q;+2;;;2*-1. The average molecular weight is 211 g/mol. The topological polar surface area (TPSA) is 74.6 Å². The Kier molecular flexibility index (Phi) is 35.2. The fraction of sp³-hybridized carbons (Fsp3) is 0. The van der Waals surface area contributed by atoms with E-state index in [1.165, 1.54) is 0 Å². The van der Waals surface area contributed by atoms with Crippen LogP contribution in [0.1, 0.15) is 2.85 Å². The minimum atomic E-state index is -1.83. The number of rotatable bonds is 0. The predicted molar refractivity (Wildman–Crippen MR) is 19.3 cm³/mol. The van der Waals surface area contributed by atoms with Crippen molar-refractivity contribution in [2.24, 2.45) is 0 Å². The van der Waals surface area contributed by atoms with Crippen LogP contribution in [0.25, 0.3) is 0 Å². The summed E-state index contributed by atoms with van der Waals surface area (Å²) in [5.74, 6) is 0. The van der Waals surface area contributed by atoms with Crippen molar-refractivity contribution in [3.63, 3.8) is 0 Å². The van der Waals surface area contributed by atoms with Crippen LogP contribution >= 0.6 is 0 Å². The van der Waals surface area contributed by atoms with Crippen molar-refractivity contribution >= 4 is 43.9 Å². The molecule has 0 saturated heterocycles. The number of carboxylic acid groups (broad SMARTS) is 2. The first-order chi connectivity index (χ1) is 2.73. The van der Waals surface area contributed by atoms with Gasteiger partial charge in [0.2, 0.25) is 0 Å². The van der Waals surface area contributed by atoms with Gasteiger partial charge in [0, 0.05) is 0 Å². The molecule has 7 heavy (non-hydrogen) atoms. The van der Waals surface area contributed by atoms with Crippen LogP contribution in [0.4, 0.5) is 4.79 Å². The fourth-order valence-corrected chi connectivity index (χ4v) is 0. The van der Waals surface area contributed by atoms with Crippen LogP contribution < -0.4 is 0 Å². The molecule has 0 bridgehead atoms. The van der Waals surface area contributed by atoms with Gasteiger partial charge in [-0.3, -0.25) is 0 Å². The molecule has 0 atom stereocenters. The Morgan fingerprint density at radius 2 is 1.43 bits per heavy atom. The molecule has 0 aliphatic carbocycles. The molecule has 0 spiro atoms. The summed E-state index contributed by atoms with van der Waals surface area (Å²) in [5, 5.41) is 13.9. The van der Waals surface area contributed by atoms with Gasteiger partial charge in [0.05, 0.1) is 0 Å². The molecule has 0 fully saturated rings. The van der Waals surface area contributed by atoms with E-state index in [0.29, 0.717) is 24.7 Å². The molecule has 0 radical (unpaired) electrons. The Hall–Kier alpha value is 1.21. The van der Waals surface area contributed by atoms with Gasteiger partial charge in [-0.15, -0.1) is 0 Å². The third kappa shape index (κ3) is 133. The van der Waals surface area contributed by atoms with E-state index in [-0.39, 0.29) is 40.6 Å². The van der Waals surface area contributed by atoms with Gasteiger partial charge in [0.1, 0.15) is 0 Å². The predicted octanol–water partition coefficient (Wildman–Crippen LogP) is -0.0547. The summed E-state index contributed by atoms with van der Waals surface area (Å²) in [4.78, 5) is 8.56. The van der Waals surface area contributed by atoms with Crippen LogP contribution in [0, 0.1) is 0 Å². The maximum atomic E-state index is 8.56. The molecule has 38 valence electrons. The first-order valence-electron chi connectivity index (χ1n) is 0.855. The van der Waals surface area contributed by atoms with Gasteiger partial charge in [-0.2, -0.15) is 0 Å².